The van der Waals surface area contributed by atoms with Crippen molar-refractivity contribution in [3.05, 3.63) is 59.7 Å². The van der Waals surface area contributed by atoms with E-state index in [2.05, 4.69) is 10.3 Å². The Labute approximate surface area is 218 Å². The SMILES string of the molecule is CCC(C)(CO)OC.CCC(C)C(=O)CNC(=O)c1ccc(OC(=O)c2ccc(N=C(N)N)cc2)cc1. The molecule has 0 aliphatic rings. The Hall–Kier alpha value is -3.76. The third kappa shape index (κ3) is 10.8. The summed E-state index contributed by atoms with van der Waals surface area (Å²) in [7, 11) is 1.61. The Morgan fingerprint density at radius 1 is 1.03 bits per heavy atom. The topological polar surface area (TPSA) is 166 Å². The van der Waals surface area contributed by atoms with E-state index in [1.54, 1.807) is 31.4 Å². The van der Waals surface area contributed by atoms with Gasteiger partial charge in [-0.25, -0.2) is 9.79 Å². The third-order valence-corrected chi connectivity index (χ3v) is 5.85. The number of nitrogens with two attached hydrogens (primary N) is 2. The molecule has 6 N–H and O–H groups in total. The Bertz CT molecular complexity index is 1040. The van der Waals surface area contributed by atoms with E-state index in [1.165, 1.54) is 24.3 Å². The number of benzene rings is 2. The van der Waals surface area contributed by atoms with Crippen LogP contribution in [0.25, 0.3) is 0 Å². The molecule has 37 heavy (non-hydrogen) atoms. The van der Waals surface area contributed by atoms with E-state index in [-0.39, 0.29) is 48.1 Å². The van der Waals surface area contributed by atoms with Crippen LogP contribution >= 0.6 is 0 Å². The summed E-state index contributed by atoms with van der Waals surface area (Å²) in [5.74, 6) is -0.820. The number of aliphatic hydroxyl groups excluding tert-OH is 1. The number of Topliss-reactive ketones (excluding diaryl/α,β-unsaturated/α-hetero) is 1. The summed E-state index contributed by atoms with van der Waals surface area (Å²) in [5, 5.41) is 11.3. The van der Waals surface area contributed by atoms with Gasteiger partial charge in [-0.3, -0.25) is 9.59 Å². The molecule has 202 valence electrons. The van der Waals surface area contributed by atoms with E-state index in [1.807, 2.05) is 27.7 Å². The first kappa shape index (κ1) is 31.3. The molecular weight excluding hydrogens is 476 g/mol. The van der Waals surface area contributed by atoms with Crippen LogP contribution < -0.4 is 21.5 Å². The zero-order chi connectivity index (χ0) is 28.0. The number of rotatable bonds is 11. The van der Waals surface area contributed by atoms with Gasteiger partial charge in [0.25, 0.3) is 5.91 Å². The fourth-order valence-corrected chi connectivity index (χ4v) is 2.65. The first-order chi connectivity index (χ1) is 17.5. The molecule has 0 saturated heterocycles. The summed E-state index contributed by atoms with van der Waals surface area (Å²) in [6.45, 7) is 7.70. The minimum absolute atomic E-state index is 0.0135. The highest BCUT2D eigenvalue weighted by Crippen LogP contribution is 2.17. The molecule has 0 fully saturated rings. The summed E-state index contributed by atoms with van der Waals surface area (Å²) in [6, 6.07) is 12.3. The molecule has 0 spiro atoms. The van der Waals surface area contributed by atoms with Gasteiger partial charge in [-0.2, -0.15) is 0 Å². The molecule has 10 heteroatoms. The fourth-order valence-electron chi connectivity index (χ4n) is 2.65. The molecule has 2 aromatic carbocycles. The molecular formula is C27H38N4O6. The number of ether oxygens (including phenoxy) is 2. The average Bonchev–Trinajstić information content (AvgIpc) is 2.91. The number of amides is 1. The highest BCUT2D eigenvalue weighted by Gasteiger charge is 2.18. The number of aliphatic imine (C=N–C) groups is 1. The minimum atomic E-state index is -0.558. The fraction of sp³-hybridized carbons (Fsp3) is 0.407. The molecule has 2 aromatic rings. The molecule has 1 amide bonds. The number of carbonyl (C=O) groups is 3. The molecule has 2 unspecified atom stereocenters. The van der Waals surface area contributed by atoms with Gasteiger partial charge in [0.2, 0.25) is 0 Å². The molecule has 0 heterocycles. The van der Waals surface area contributed by atoms with E-state index >= 15 is 0 Å². The van der Waals surface area contributed by atoms with Crippen molar-refractivity contribution in [1.82, 2.24) is 5.32 Å². The van der Waals surface area contributed by atoms with Crippen LogP contribution in [0.4, 0.5) is 5.69 Å². The third-order valence-electron chi connectivity index (χ3n) is 5.85. The minimum Gasteiger partial charge on any atom is -0.423 e. The second-order valence-electron chi connectivity index (χ2n) is 8.62. The van der Waals surface area contributed by atoms with Gasteiger partial charge in [-0.15, -0.1) is 0 Å². The normalized spacial score (nSPS) is 12.7. The van der Waals surface area contributed by atoms with Crippen molar-refractivity contribution < 1.29 is 29.0 Å². The quantitative estimate of drug-likeness (QED) is 0.154. The number of hydrogen-bond donors (Lipinski definition) is 4. The second-order valence-corrected chi connectivity index (χ2v) is 8.62. The molecule has 0 bridgehead atoms. The second kappa shape index (κ2) is 15.4. The predicted molar refractivity (Wildman–Crippen MR) is 143 cm³/mol. The molecule has 0 aliphatic heterocycles. The number of aliphatic hydroxyl groups is 1. The summed E-state index contributed by atoms with van der Waals surface area (Å²) >= 11 is 0. The van der Waals surface area contributed by atoms with Gasteiger partial charge in [0.05, 0.1) is 30.0 Å². The molecule has 0 saturated carbocycles. The van der Waals surface area contributed by atoms with Gasteiger partial charge in [0.1, 0.15) is 5.75 Å². The zero-order valence-corrected chi connectivity index (χ0v) is 22.1. The number of methoxy groups -OCH3 is 1. The van der Waals surface area contributed by atoms with Crippen LogP contribution in [0.3, 0.4) is 0 Å². The first-order valence-electron chi connectivity index (χ1n) is 12.0. The van der Waals surface area contributed by atoms with E-state index in [4.69, 9.17) is 26.0 Å². The lowest BCUT2D eigenvalue weighted by molar-refractivity contribution is -0.121. The number of guanidine groups is 1. The van der Waals surface area contributed by atoms with Crippen molar-refractivity contribution >= 4 is 29.3 Å². The highest BCUT2D eigenvalue weighted by molar-refractivity contribution is 5.97. The lowest BCUT2D eigenvalue weighted by Gasteiger charge is -2.22. The predicted octanol–water partition coefficient (Wildman–Crippen LogP) is 2.95. The van der Waals surface area contributed by atoms with Crippen LogP contribution in [0.2, 0.25) is 0 Å². The number of hydrogen-bond acceptors (Lipinski definition) is 7. The molecule has 0 aromatic heterocycles. The Balaban J connectivity index is 0.000000738. The van der Waals surface area contributed by atoms with Crippen LogP contribution in [-0.2, 0) is 9.53 Å². The van der Waals surface area contributed by atoms with Gasteiger partial charge >= 0.3 is 5.97 Å². The van der Waals surface area contributed by atoms with Crippen molar-refractivity contribution in [3.8, 4) is 5.75 Å². The Morgan fingerprint density at radius 2 is 1.59 bits per heavy atom. The van der Waals surface area contributed by atoms with E-state index in [9.17, 15) is 14.4 Å². The van der Waals surface area contributed by atoms with E-state index in [0.717, 1.165) is 12.8 Å². The number of nitrogens with zero attached hydrogens (tertiary/aromatic N) is 1. The lowest BCUT2D eigenvalue weighted by atomic mass is 10.0. The van der Waals surface area contributed by atoms with Gasteiger partial charge in [0.15, 0.2) is 11.7 Å². The monoisotopic (exact) mass is 514 g/mol. The smallest absolute Gasteiger partial charge is 0.343 e. The highest BCUT2D eigenvalue weighted by atomic mass is 16.5. The summed E-state index contributed by atoms with van der Waals surface area (Å²) in [6.07, 6.45) is 1.58. The number of esters is 1. The van der Waals surface area contributed by atoms with Gasteiger partial charge in [0, 0.05) is 18.6 Å². The lowest BCUT2D eigenvalue weighted by Crippen LogP contribution is -2.32. The molecule has 2 rings (SSSR count). The van der Waals surface area contributed by atoms with Crippen LogP contribution in [0.1, 0.15) is 61.3 Å². The Morgan fingerprint density at radius 3 is 2.03 bits per heavy atom. The summed E-state index contributed by atoms with van der Waals surface area (Å²) in [5.41, 5.74) is 11.5. The van der Waals surface area contributed by atoms with Gasteiger partial charge in [-0.05, 0) is 68.3 Å². The number of ketones is 1. The summed E-state index contributed by atoms with van der Waals surface area (Å²) < 4.78 is 10.3. The van der Waals surface area contributed by atoms with Gasteiger partial charge < -0.3 is 31.4 Å². The van der Waals surface area contributed by atoms with Crippen molar-refractivity contribution in [1.29, 1.82) is 0 Å². The maximum absolute atomic E-state index is 12.2. The van der Waals surface area contributed by atoms with Crippen molar-refractivity contribution in [2.24, 2.45) is 22.4 Å². The van der Waals surface area contributed by atoms with E-state index < -0.39 is 5.97 Å². The maximum Gasteiger partial charge on any atom is 0.343 e. The summed E-state index contributed by atoms with van der Waals surface area (Å²) in [4.78, 5) is 40.0. The van der Waals surface area contributed by atoms with Crippen molar-refractivity contribution in [3.63, 3.8) is 0 Å². The molecule has 10 nitrogen and oxygen atoms in total. The Kier molecular flexibility index (Phi) is 13.0. The number of nitrogens with one attached hydrogen (secondary N) is 1. The van der Waals surface area contributed by atoms with E-state index in [0.29, 0.717) is 16.8 Å². The van der Waals surface area contributed by atoms with Crippen molar-refractivity contribution in [2.45, 2.75) is 46.1 Å². The van der Waals surface area contributed by atoms with Crippen LogP contribution in [0, 0.1) is 5.92 Å². The average molecular weight is 515 g/mol. The largest absolute Gasteiger partial charge is 0.423 e. The molecule has 2 atom stereocenters. The zero-order valence-electron chi connectivity index (χ0n) is 22.1. The van der Waals surface area contributed by atoms with Crippen LogP contribution in [0.15, 0.2) is 53.5 Å². The molecule has 0 radical (unpaired) electrons. The first-order valence-corrected chi connectivity index (χ1v) is 12.0. The number of carbonyl (C=O) groups excluding carboxylic acids is 3. The van der Waals surface area contributed by atoms with Crippen LogP contribution in [0.5, 0.6) is 5.75 Å². The van der Waals surface area contributed by atoms with Crippen LogP contribution in [-0.4, -0.2) is 54.6 Å². The standard InChI is InChI=1S/C21H24N4O4.C6H14O2/c1-3-13(2)18(26)12-24-19(27)14-6-10-17(11-7-14)29-20(28)15-4-8-16(9-5-15)25-21(22)23;1-4-6(2,5-7)8-3/h4-11,13H,3,12H2,1-2H3,(H,24,27)(H4,22,23,25);7H,4-5H2,1-3H3. The van der Waals surface area contributed by atoms with Gasteiger partial charge in [-0.1, -0.05) is 20.8 Å². The maximum atomic E-state index is 12.2. The van der Waals surface area contributed by atoms with Crippen molar-refractivity contribution in [2.75, 3.05) is 20.3 Å². The molecule has 0 aliphatic carbocycles.